The standard InChI is InChI=1S/C14H22N4O2S/c1-2-7-15-14-17-16-12(21-14)13(19)18-8-9-20-11-6-4-3-5-10(11)18/h10-11H,2-9H2,1H3,(H,15,17). The lowest BCUT2D eigenvalue weighted by Gasteiger charge is -2.43. The Hall–Kier alpha value is -1.21. The molecule has 2 aliphatic rings. The second kappa shape index (κ2) is 6.70. The molecule has 21 heavy (non-hydrogen) atoms. The Bertz CT molecular complexity index is 491. The van der Waals surface area contributed by atoms with Gasteiger partial charge in [0.2, 0.25) is 10.1 Å². The molecule has 1 aliphatic carbocycles. The summed E-state index contributed by atoms with van der Waals surface area (Å²) in [5.41, 5.74) is 0. The number of nitrogens with zero attached hydrogens (tertiary/aromatic N) is 3. The van der Waals surface area contributed by atoms with Gasteiger partial charge in [0.05, 0.1) is 18.8 Å². The first kappa shape index (κ1) is 14.7. The maximum Gasteiger partial charge on any atom is 0.285 e. The molecule has 1 amide bonds. The van der Waals surface area contributed by atoms with Crippen LogP contribution in [0, 0.1) is 0 Å². The van der Waals surface area contributed by atoms with E-state index in [-0.39, 0.29) is 18.1 Å². The Labute approximate surface area is 128 Å². The van der Waals surface area contributed by atoms with Gasteiger partial charge in [0, 0.05) is 13.1 Å². The van der Waals surface area contributed by atoms with Crippen molar-refractivity contribution in [3.8, 4) is 0 Å². The predicted molar refractivity (Wildman–Crippen MR) is 81.7 cm³/mol. The van der Waals surface area contributed by atoms with Gasteiger partial charge in [-0.1, -0.05) is 31.1 Å². The van der Waals surface area contributed by atoms with E-state index in [9.17, 15) is 4.79 Å². The summed E-state index contributed by atoms with van der Waals surface area (Å²) >= 11 is 1.35. The molecule has 0 radical (unpaired) electrons. The number of fused-ring (bicyclic) bond motifs is 1. The van der Waals surface area contributed by atoms with Gasteiger partial charge in [-0.05, 0) is 19.3 Å². The first-order valence-corrected chi connectivity index (χ1v) is 8.61. The Balaban J connectivity index is 1.69. The van der Waals surface area contributed by atoms with Gasteiger partial charge in [0.25, 0.3) is 5.91 Å². The third-order valence-corrected chi connectivity index (χ3v) is 5.00. The molecule has 2 fully saturated rings. The van der Waals surface area contributed by atoms with E-state index in [1.165, 1.54) is 24.2 Å². The molecule has 1 saturated heterocycles. The van der Waals surface area contributed by atoms with Gasteiger partial charge in [-0.2, -0.15) is 0 Å². The van der Waals surface area contributed by atoms with Crippen LogP contribution in [0.1, 0.15) is 48.8 Å². The molecule has 3 rings (SSSR count). The van der Waals surface area contributed by atoms with Gasteiger partial charge in [0.1, 0.15) is 0 Å². The maximum atomic E-state index is 12.7. The summed E-state index contributed by atoms with van der Waals surface area (Å²) in [6.07, 6.45) is 5.71. The summed E-state index contributed by atoms with van der Waals surface area (Å²) in [5.74, 6) is 0.0113. The van der Waals surface area contributed by atoms with Crippen molar-refractivity contribution in [3.05, 3.63) is 5.01 Å². The number of amides is 1. The monoisotopic (exact) mass is 310 g/mol. The van der Waals surface area contributed by atoms with Crippen molar-refractivity contribution >= 4 is 22.4 Å². The molecule has 0 bridgehead atoms. The number of rotatable bonds is 4. The van der Waals surface area contributed by atoms with E-state index in [0.29, 0.717) is 18.2 Å². The van der Waals surface area contributed by atoms with Gasteiger partial charge in [-0.3, -0.25) is 4.79 Å². The molecule has 1 saturated carbocycles. The molecule has 1 aromatic rings. The van der Waals surface area contributed by atoms with Crippen LogP contribution in [0.5, 0.6) is 0 Å². The molecule has 1 N–H and O–H groups in total. The summed E-state index contributed by atoms with van der Waals surface area (Å²) < 4.78 is 5.82. The van der Waals surface area contributed by atoms with Crippen molar-refractivity contribution in [2.75, 3.05) is 25.0 Å². The second-order valence-electron chi connectivity index (χ2n) is 5.60. The topological polar surface area (TPSA) is 67.4 Å². The Morgan fingerprint density at radius 2 is 2.29 bits per heavy atom. The zero-order valence-electron chi connectivity index (χ0n) is 12.4. The van der Waals surface area contributed by atoms with Crippen molar-refractivity contribution < 1.29 is 9.53 Å². The fourth-order valence-electron chi connectivity index (χ4n) is 3.08. The number of morpholine rings is 1. The second-order valence-corrected chi connectivity index (χ2v) is 6.58. The molecule has 1 aromatic heterocycles. The van der Waals surface area contributed by atoms with E-state index in [0.717, 1.165) is 30.9 Å². The number of carbonyl (C=O) groups excluding carboxylic acids is 1. The van der Waals surface area contributed by atoms with Crippen molar-refractivity contribution in [2.45, 2.75) is 51.2 Å². The number of hydrogen-bond donors (Lipinski definition) is 1. The number of aromatic nitrogens is 2. The van der Waals surface area contributed by atoms with Gasteiger partial charge < -0.3 is 15.0 Å². The molecule has 2 unspecified atom stereocenters. The number of ether oxygens (including phenoxy) is 1. The molecular weight excluding hydrogens is 288 g/mol. The van der Waals surface area contributed by atoms with E-state index in [2.05, 4.69) is 22.4 Å². The SMILES string of the molecule is CCCNc1nnc(C(=O)N2CCOC3CCCCC32)s1. The average Bonchev–Trinajstić information content (AvgIpc) is 3.00. The minimum absolute atomic E-state index is 0.0113. The molecule has 7 heteroatoms. The van der Waals surface area contributed by atoms with Crippen molar-refractivity contribution in [2.24, 2.45) is 0 Å². The van der Waals surface area contributed by atoms with Crippen LogP contribution in [-0.4, -0.2) is 52.8 Å². The van der Waals surface area contributed by atoms with E-state index in [1.54, 1.807) is 0 Å². The highest BCUT2D eigenvalue weighted by molar-refractivity contribution is 7.17. The van der Waals surface area contributed by atoms with Crippen LogP contribution in [0.25, 0.3) is 0 Å². The minimum Gasteiger partial charge on any atom is -0.374 e. The summed E-state index contributed by atoms with van der Waals surface area (Å²) in [6.45, 7) is 4.24. The number of carbonyl (C=O) groups is 1. The van der Waals surface area contributed by atoms with Gasteiger partial charge in [-0.15, -0.1) is 10.2 Å². The van der Waals surface area contributed by atoms with E-state index < -0.39 is 0 Å². The molecule has 0 aromatic carbocycles. The molecular formula is C14H22N4O2S. The third-order valence-electron chi connectivity index (χ3n) is 4.13. The smallest absolute Gasteiger partial charge is 0.285 e. The Kier molecular flexibility index (Phi) is 4.70. The third kappa shape index (κ3) is 3.18. The van der Waals surface area contributed by atoms with Crippen LogP contribution in [0.3, 0.4) is 0 Å². The van der Waals surface area contributed by atoms with E-state index in [1.807, 2.05) is 4.90 Å². The zero-order chi connectivity index (χ0) is 14.7. The molecule has 2 heterocycles. The molecule has 6 nitrogen and oxygen atoms in total. The average molecular weight is 310 g/mol. The number of nitrogens with one attached hydrogen (secondary N) is 1. The van der Waals surface area contributed by atoms with Crippen molar-refractivity contribution in [1.82, 2.24) is 15.1 Å². The van der Waals surface area contributed by atoms with Crippen LogP contribution in [0.15, 0.2) is 0 Å². The Morgan fingerprint density at radius 3 is 3.14 bits per heavy atom. The first-order valence-electron chi connectivity index (χ1n) is 7.79. The predicted octanol–water partition coefficient (Wildman–Crippen LogP) is 2.14. The largest absolute Gasteiger partial charge is 0.374 e. The number of hydrogen-bond acceptors (Lipinski definition) is 6. The highest BCUT2D eigenvalue weighted by atomic mass is 32.1. The van der Waals surface area contributed by atoms with Crippen LogP contribution >= 0.6 is 11.3 Å². The van der Waals surface area contributed by atoms with Crippen LogP contribution in [0.4, 0.5) is 5.13 Å². The summed E-state index contributed by atoms with van der Waals surface area (Å²) in [7, 11) is 0. The lowest BCUT2D eigenvalue weighted by atomic mass is 9.90. The highest BCUT2D eigenvalue weighted by Crippen LogP contribution is 2.30. The highest BCUT2D eigenvalue weighted by Gasteiger charge is 2.37. The van der Waals surface area contributed by atoms with Gasteiger partial charge in [-0.25, -0.2) is 0 Å². The minimum atomic E-state index is 0.0113. The summed E-state index contributed by atoms with van der Waals surface area (Å²) in [5, 5.41) is 12.5. The Morgan fingerprint density at radius 1 is 1.43 bits per heavy atom. The normalized spacial score (nSPS) is 25.5. The quantitative estimate of drug-likeness (QED) is 0.923. The maximum absolute atomic E-state index is 12.7. The van der Waals surface area contributed by atoms with Crippen molar-refractivity contribution in [3.63, 3.8) is 0 Å². The summed E-state index contributed by atoms with van der Waals surface area (Å²) in [6, 6.07) is 0.218. The van der Waals surface area contributed by atoms with Crippen LogP contribution < -0.4 is 5.32 Å². The summed E-state index contributed by atoms with van der Waals surface area (Å²) in [4.78, 5) is 14.6. The van der Waals surface area contributed by atoms with Crippen molar-refractivity contribution in [1.29, 1.82) is 0 Å². The lowest BCUT2D eigenvalue weighted by molar-refractivity contribution is -0.0753. The van der Waals surface area contributed by atoms with Gasteiger partial charge >= 0.3 is 0 Å². The van der Waals surface area contributed by atoms with Gasteiger partial charge in [0.15, 0.2) is 0 Å². The number of anilines is 1. The van der Waals surface area contributed by atoms with E-state index >= 15 is 0 Å². The molecule has 1 aliphatic heterocycles. The lowest BCUT2D eigenvalue weighted by Crippen LogP contribution is -2.54. The molecule has 2 atom stereocenters. The molecule has 0 spiro atoms. The van der Waals surface area contributed by atoms with Crippen LogP contribution in [0.2, 0.25) is 0 Å². The first-order chi connectivity index (χ1) is 10.3. The molecule has 116 valence electrons. The van der Waals surface area contributed by atoms with E-state index in [4.69, 9.17) is 4.74 Å². The zero-order valence-corrected chi connectivity index (χ0v) is 13.2. The fraction of sp³-hybridized carbons (Fsp3) is 0.786. The van der Waals surface area contributed by atoms with Crippen LogP contribution in [-0.2, 0) is 4.74 Å². The fourth-order valence-corrected chi connectivity index (χ4v) is 3.81.